The van der Waals surface area contributed by atoms with Crippen LogP contribution in [0.3, 0.4) is 0 Å². The lowest BCUT2D eigenvalue weighted by Gasteiger charge is -2.47. The van der Waals surface area contributed by atoms with Gasteiger partial charge in [0.15, 0.2) is 0 Å². The molecule has 2 heterocycles. The monoisotopic (exact) mass is 385 g/mol. The molecule has 5 nitrogen and oxygen atoms in total. The molecule has 2 N–H and O–H groups in total. The lowest BCUT2D eigenvalue weighted by atomic mass is 9.83. The Labute approximate surface area is 159 Å². The Balaban J connectivity index is 0.00000225. The maximum atomic E-state index is 12.8. The Morgan fingerprint density at radius 2 is 2.04 bits per heavy atom. The number of hydrogen-bond donors (Lipinski definition) is 1. The number of benzene rings is 1. The van der Waals surface area contributed by atoms with Crippen LogP contribution in [-0.2, 0) is 4.79 Å². The number of rotatable bonds is 4. The summed E-state index contributed by atoms with van der Waals surface area (Å²) in [6.45, 7) is 2.69. The Morgan fingerprint density at radius 3 is 2.76 bits per heavy atom. The highest BCUT2D eigenvalue weighted by molar-refractivity contribution is 6.33. The van der Waals surface area contributed by atoms with Crippen molar-refractivity contribution in [3.8, 4) is 0 Å². The summed E-state index contributed by atoms with van der Waals surface area (Å²) >= 11 is 6.16. The Morgan fingerprint density at radius 1 is 1.28 bits per heavy atom. The third kappa shape index (κ3) is 4.27. The molecule has 0 bridgehead atoms. The molecule has 0 spiro atoms. The molecular formula is C18H25Cl2N3O2. The molecule has 1 aromatic carbocycles. The molecule has 2 amide bonds. The van der Waals surface area contributed by atoms with Gasteiger partial charge in [0.05, 0.1) is 10.6 Å². The molecule has 0 unspecified atom stereocenters. The first kappa shape index (κ1) is 20.0. The average molecular weight is 386 g/mol. The van der Waals surface area contributed by atoms with E-state index in [9.17, 15) is 9.59 Å². The summed E-state index contributed by atoms with van der Waals surface area (Å²) in [5, 5.41) is 0.494. The lowest BCUT2D eigenvalue weighted by Crippen LogP contribution is -2.57. The van der Waals surface area contributed by atoms with Crippen molar-refractivity contribution in [3.63, 3.8) is 0 Å². The number of nitrogens with zero attached hydrogens (tertiary/aromatic N) is 2. The van der Waals surface area contributed by atoms with Gasteiger partial charge in [-0.2, -0.15) is 0 Å². The number of likely N-dealkylation sites (tertiary alicyclic amines) is 2. The highest BCUT2D eigenvalue weighted by Gasteiger charge is 2.40. The number of halogens is 2. The summed E-state index contributed by atoms with van der Waals surface area (Å²) in [5.74, 6) is 0.570. The standard InChI is InChI=1S/C18H24ClN3O2.ClH/c19-15-5-2-1-4-14(15)18(24)21-11-8-16-13(12-21)6-7-17(23)22(16)10-3-9-20;/h1-2,4-5,13,16H,3,6-12,20H2;1H/t13-,16+;/m0./s1. The normalized spacial score (nSPS) is 23.0. The van der Waals surface area contributed by atoms with Crippen LogP contribution in [0.1, 0.15) is 36.0 Å². The molecule has 0 radical (unpaired) electrons. The number of carbonyl (C=O) groups excluding carboxylic acids is 2. The van der Waals surface area contributed by atoms with E-state index in [0.717, 1.165) is 25.8 Å². The summed E-state index contributed by atoms with van der Waals surface area (Å²) in [6, 6.07) is 7.42. The molecule has 2 atom stereocenters. The minimum atomic E-state index is -0.00976. The van der Waals surface area contributed by atoms with Gasteiger partial charge in [0.2, 0.25) is 5.91 Å². The van der Waals surface area contributed by atoms with Crippen LogP contribution in [0.15, 0.2) is 24.3 Å². The van der Waals surface area contributed by atoms with Gasteiger partial charge in [0.1, 0.15) is 0 Å². The quantitative estimate of drug-likeness (QED) is 0.865. The average Bonchev–Trinajstić information content (AvgIpc) is 2.60. The van der Waals surface area contributed by atoms with Gasteiger partial charge in [-0.1, -0.05) is 23.7 Å². The maximum absolute atomic E-state index is 12.8. The third-order valence-corrected chi connectivity index (χ3v) is 5.47. The fourth-order valence-corrected chi connectivity index (χ4v) is 4.11. The highest BCUT2D eigenvalue weighted by atomic mass is 35.5. The van der Waals surface area contributed by atoms with Crippen molar-refractivity contribution < 1.29 is 9.59 Å². The van der Waals surface area contributed by atoms with Crippen LogP contribution in [0.25, 0.3) is 0 Å². The Kier molecular flexibility index (Phi) is 7.11. The van der Waals surface area contributed by atoms with Crippen molar-refractivity contribution >= 4 is 35.8 Å². The van der Waals surface area contributed by atoms with Crippen molar-refractivity contribution in [1.29, 1.82) is 0 Å². The number of piperidine rings is 2. The summed E-state index contributed by atoms with van der Waals surface area (Å²) in [7, 11) is 0. The van der Waals surface area contributed by atoms with E-state index in [1.54, 1.807) is 12.1 Å². The van der Waals surface area contributed by atoms with E-state index in [2.05, 4.69) is 0 Å². The summed E-state index contributed by atoms with van der Waals surface area (Å²) in [6.07, 6.45) is 3.09. The molecule has 7 heteroatoms. The van der Waals surface area contributed by atoms with Crippen molar-refractivity contribution in [2.75, 3.05) is 26.2 Å². The van der Waals surface area contributed by atoms with E-state index in [4.69, 9.17) is 17.3 Å². The van der Waals surface area contributed by atoms with Gasteiger partial charge in [-0.3, -0.25) is 9.59 Å². The van der Waals surface area contributed by atoms with Crippen LogP contribution < -0.4 is 5.73 Å². The smallest absolute Gasteiger partial charge is 0.255 e. The molecule has 1 aromatic rings. The fourth-order valence-electron chi connectivity index (χ4n) is 3.89. The van der Waals surface area contributed by atoms with Crippen LogP contribution in [0.5, 0.6) is 0 Å². The van der Waals surface area contributed by atoms with Gasteiger partial charge >= 0.3 is 0 Å². The predicted octanol–water partition coefficient (Wildman–Crippen LogP) is 2.56. The van der Waals surface area contributed by atoms with E-state index >= 15 is 0 Å². The molecule has 0 aliphatic carbocycles. The summed E-state index contributed by atoms with van der Waals surface area (Å²) in [5.41, 5.74) is 6.16. The molecule has 0 aromatic heterocycles. The maximum Gasteiger partial charge on any atom is 0.255 e. The van der Waals surface area contributed by atoms with Gasteiger partial charge < -0.3 is 15.5 Å². The number of fused-ring (bicyclic) bond motifs is 1. The van der Waals surface area contributed by atoms with Crippen molar-refractivity contribution in [2.24, 2.45) is 11.7 Å². The number of hydrogen-bond acceptors (Lipinski definition) is 3. The minimum Gasteiger partial charge on any atom is -0.339 e. The second-order valence-corrected chi connectivity index (χ2v) is 7.02. The molecule has 2 aliphatic rings. The Hall–Kier alpha value is -1.30. The SMILES string of the molecule is Cl.NCCCN1C(=O)CC[C@H]2CN(C(=O)c3ccccc3Cl)CC[C@H]21. The van der Waals surface area contributed by atoms with Crippen LogP contribution in [0.4, 0.5) is 0 Å². The van der Waals surface area contributed by atoms with Crippen LogP contribution in [0, 0.1) is 5.92 Å². The number of nitrogens with two attached hydrogens (primary N) is 1. The summed E-state index contributed by atoms with van der Waals surface area (Å²) in [4.78, 5) is 28.9. The fraction of sp³-hybridized carbons (Fsp3) is 0.556. The van der Waals surface area contributed by atoms with Gasteiger partial charge in [0, 0.05) is 32.1 Å². The number of carbonyl (C=O) groups is 2. The van der Waals surface area contributed by atoms with E-state index in [-0.39, 0.29) is 30.3 Å². The predicted molar refractivity (Wildman–Crippen MR) is 101 cm³/mol. The van der Waals surface area contributed by atoms with Gasteiger partial charge in [0.25, 0.3) is 5.91 Å². The van der Waals surface area contributed by atoms with Gasteiger partial charge in [-0.05, 0) is 43.9 Å². The van der Waals surface area contributed by atoms with E-state index < -0.39 is 0 Å². The zero-order valence-corrected chi connectivity index (χ0v) is 15.8. The Bertz CT molecular complexity index is 626. The topological polar surface area (TPSA) is 66.6 Å². The van der Waals surface area contributed by atoms with Crippen molar-refractivity contribution in [3.05, 3.63) is 34.9 Å². The van der Waals surface area contributed by atoms with E-state index in [1.807, 2.05) is 21.9 Å². The lowest BCUT2D eigenvalue weighted by molar-refractivity contribution is -0.140. The zero-order chi connectivity index (χ0) is 17.1. The van der Waals surface area contributed by atoms with Crippen molar-refractivity contribution in [1.82, 2.24) is 9.80 Å². The minimum absolute atomic E-state index is 0. The largest absolute Gasteiger partial charge is 0.339 e. The highest BCUT2D eigenvalue weighted by Crippen LogP contribution is 2.32. The van der Waals surface area contributed by atoms with Gasteiger partial charge in [-0.25, -0.2) is 0 Å². The molecule has 25 heavy (non-hydrogen) atoms. The molecule has 2 aliphatic heterocycles. The summed E-state index contributed by atoms with van der Waals surface area (Å²) < 4.78 is 0. The van der Waals surface area contributed by atoms with E-state index in [1.165, 1.54) is 0 Å². The second kappa shape index (κ2) is 8.88. The van der Waals surface area contributed by atoms with Crippen molar-refractivity contribution in [2.45, 2.75) is 31.7 Å². The van der Waals surface area contributed by atoms with Crippen LogP contribution in [0.2, 0.25) is 5.02 Å². The zero-order valence-electron chi connectivity index (χ0n) is 14.2. The third-order valence-electron chi connectivity index (χ3n) is 5.14. The second-order valence-electron chi connectivity index (χ2n) is 6.62. The number of amides is 2. The van der Waals surface area contributed by atoms with Crippen LogP contribution in [-0.4, -0.2) is 53.8 Å². The molecule has 3 rings (SSSR count). The van der Waals surface area contributed by atoms with E-state index in [0.29, 0.717) is 42.6 Å². The molecule has 2 fully saturated rings. The first-order valence-corrected chi connectivity index (χ1v) is 9.03. The molecular weight excluding hydrogens is 361 g/mol. The molecule has 2 saturated heterocycles. The van der Waals surface area contributed by atoms with Crippen LogP contribution >= 0.6 is 24.0 Å². The first-order chi connectivity index (χ1) is 11.6. The molecule has 138 valence electrons. The molecule has 0 saturated carbocycles. The first-order valence-electron chi connectivity index (χ1n) is 8.65. The van der Waals surface area contributed by atoms with Gasteiger partial charge in [-0.15, -0.1) is 12.4 Å².